The van der Waals surface area contributed by atoms with Crippen LogP contribution in [0, 0.1) is 0 Å². The SMILES string of the molecule is CC/C=C\C/C=C\C/C=C\C/C=C\C/C=C\CC(=O)OC(COC(=O)CCCCCCCCCCCCCCCCCCCCCCCCCC)COP(=O)(O)OCC(N)C(=O)O. The summed E-state index contributed by atoms with van der Waals surface area (Å²) < 4.78 is 32.6. The number of carbonyl (C=O) groups is 3. The zero-order valence-electron chi connectivity index (χ0n) is 39.7. The highest BCUT2D eigenvalue weighted by atomic mass is 31.2. The lowest BCUT2D eigenvalue weighted by Gasteiger charge is -2.20. The normalized spacial score (nSPS) is 14.1. The van der Waals surface area contributed by atoms with Crippen molar-refractivity contribution in [1.29, 1.82) is 0 Å². The van der Waals surface area contributed by atoms with E-state index >= 15 is 0 Å². The number of aliphatic carboxylic acids is 1. The van der Waals surface area contributed by atoms with Crippen molar-refractivity contribution < 1.29 is 47.5 Å². The molecule has 0 heterocycles. The smallest absolute Gasteiger partial charge is 0.472 e. The largest absolute Gasteiger partial charge is 0.480 e. The molecule has 0 aliphatic heterocycles. The minimum absolute atomic E-state index is 0.0712. The maximum atomic E-state index is 12.6. The molecule has 11 nitrogen and oxygen atoms in total. The number of allylic oxidation sites excluding steroid dienone is 9. The molecule has 3 atom stereocenters. The number of hydrogen-bond acceptors (Lipinski definition) is 9. The maximum Gasteiger partial charge on any atom is 0.472 e. The lowest BCUT2D eigenvalue weighted by Crippen LogP contribution is -2.34. The molecule has 0 amide bonds. The third-order valence-corrected chi connectivity index (χ3v) is 11.5. The Morgan fingerprint density at radius 3 is 1.27 bits per heavy atom. The van der Waals surface area contributed by atoms with Crippen molar-refractivity contribution in [3.63, 3.8) is 0 Å². The fourth-order valence-corrected chi connectivity index (χ4v) is 7.51. The van der Waals surface area contributed by atoms with Crippen LogP contribution < -0.4 is 5.73 Å². The standard InChI is InChI=1S/C51H90NO10P/c1-3-5-7-9-11-13-15-17-19-20-21-22-23-24-25-26-27-29-30-32-34-36-38-40-42-49(53)59-44-47(45-60-63(57,58)61-46-48(52)51(55)56)62-50(54)43-41-39-37-35-33-31-28-18-16-14-12-10-8-6-4-2/h6,8,12,14,18,28,33,35,39,41,47-48H,3-5,7,9-11,13,15-17,19-27,29-32,34,36-38,40,42-46,52H2,1-2H3,(H,55,56)(H,57,58)/b8-6-,14-12-,28-18-,35-33-,41-39-. The quantitative estimate of drug-likeness (QED) is 0.0230. The van der Waals surface area contributed by atoms with Crippen molar-refractivity contribution >= 4 is 25.7 Å². The van der Waals surface area contributed by atoms with Crippen LogP contribution in [0.5, 0.6) is 0 Å². The van der Waals surface area contributed by atoms with Gasteiger partial charge < -0.3 is 25.2 Å². The molecule has 0 radical (unpaired) electrons. The average Bonchev–Trinajstić information content (AvgIpc) is 3.26. The van der Waals surface area contributed by atoms with Crippen LogP contribution in [-0.2, 0) is 37.5 Å². The maximum absolute atomic E-state index is 12.6. The Balaban J connectivity index is 4.26. The van der Waals surface area contributed by atoms with Gasteiger partial charge in [-0.15, -0.1) is 0 Å². The zero-order valence-corrected chi connectivity index (χ0v) is 40.5. The predicted octanol–water partition coefficient (Wildman–Crippen LogP) is 13.9. The number of phosphoric ester groups is 1. The third-order valence-electron chi connectivity index (χ3n) is 10.6. The van der Waals surface area contributed by atoms with Gasteiger partial charge >= 0.3 is 25.7 Å². The van der Waals surface area contributed by atoms with Gasteiger partial charge in [-0.3, -0.25) is 23.4 Å². The van der Waals surface area contributed by atoms with Gasteiger partial charge in [0, 0.05) is 6.42 Å². The number of rotatable bonds is 46. The number of ether oxygens (including phenoxy) is 2. The van der Waals surface area contributed by atoms with E-state index < -0.39 is 51.1 Å². The van der Waals surface area contributed by atoms with E-state index in [9.17, 15) is 23.8 Å². The van der Waals surface area contributed by atoms with E-state index in [4.69, 9.17) is 24.8 Å². The van der Waals surface area contributed by atoms with Crippen molar-refractivity contribution in [2.45, 2.75) is 225 Å². The van der Waals surface area contributed by atoms with Gasteiger partial charge in [0.15, 0.2) is 6.10 Å². The van der Waals surface area contributed by atoms with E-state index in [1.165, 1.54) is 128 Å². The summed E-state index contributed by atoms with van der Waals surface area (Å²) in [4.78, 5) is 46.0. The molecule has 0 saturated carbocycles. The Morgan fingerprint density at radius 1 is 0.508 bits per heavy atom. The number of carboxylic acid groups (broad SMARTS) is 1. The minimum atomic E-state index is -4.75. The molecule has 4 N–H and O–H groups in total. The van der Waals surface area contributed by atoms with Gasteiger partial charge in [-0.05, 0) is 38.5 Å². The van der Waals surface area contributed by atoms with Crippen LogP contribution in [0.4, 0.5) is 0 Å². The summed E-state index contributed by atoms with van der Waals surface area (Å²) in [6.07, 6.45) is 54.8. The van der Waals surface area contributed by atoms with Crippen molar-refractivity contribution in [2.75, 3.05) is 19.8 Å². The summed E-state index contributed by atoms with van der Waals surface area (Å²) in [6.45, 7) is 2.61. The van der Waals surface area contributed by atoms with E-state index in [2.05, 4.69) is 54.8 Å². The number of nitrogens with two attached hydrogens (primary N) is 1. The summed E-state index contributed by atoms with van der Waals surface area (Å²) in [5.74, 6) is -2.53. The Bertz CT molecular complexity index is 1300. The van der Waals surface area contributed by atoms with Gasteiger partial charge in [-0.2, -0.15) is 0 Å². The highest BCUT2D eigenvalue weighted by molar-refractivity contribution is 7.47. The Hall–Kier alpha value is -2.82. The van der Waals surface area contributed by atoms with Gasteiger partial charge in [0.25, 0.3) is 0 Å². The Kier molecular flexibility index (Phi) is 43.7. The third kappa shape index (κ3) is 45.5. The molecule has 0 saturated heterocycles. The first-order valence-electron chi connectivity index (χ1n) is 24.8. The van der Waals surface area contributed by atoms with Crippen molar-refractivity contribution in [2.24, 2.45) is 5.73 Å². The summed E-state index contributed by atoms with van der Waals surface area (Å²) in [6, 6.07) is -1.54. The van der Waals surface area contributed by atoms with Gasteiger partial charge in [-0.25, -0.2) is 4.57 Å². The molecule has 0 aromatic carbocycles. The second-order valence-electron chi connectivity index (χ2n) is 16.6. The Morgan fingerprint density at radius 2 is 0.873 bits per heavy atom. The van der Waals surface area contributed by atoms with Crippen LogP contribution in [0.25, 0.3) is 0 Å². The molecular formula is C51H90NO10P. The topological polar surface area (TPSA) is 172 Å². The van der Waals surface area contributed by atoms with Gasteiger partial charge in [-0.1, -0.05) is 222 Å². The first-order chi connectivity index (χ1) is 30.6. The molecule has 63 heavy (non-hydrogen) atoms. The highest BCUT2D eigenvalue weighted by Crippen LogP contribution is 2.43. The van der Waals surface area contributed by atoms with Crippen LogP contribution >= 0.6 is 7.82 Å². The fourth-order valence-electron chi connectivity index (χ4n) is 6.73. The van der Waals surface area contributed by atoms with E-state index in [0.29, 0.717) is 12.8 Å². The number of carbonyl (C=O) groups excluding carboxylic acids is 2. The van der Waals surface area contributed by atoms with E-state index in [0.717, 1.165) is 44.9 Å². The first-order valence-corrected chi connectivity index (χ1v) is 26.3. The second-order valence-corrected chi connectivity index (χ2v) is 18.0. The number of unbranched alkanes of at least 4 members (excludes halogenated alkanes) is 23. The van der Waals surface area contributed by atoms with Crippen LogP contribution in [-0.4, -0.2) is 59.9 Å². The van der Waals surface area contributed by atoms with Crippen molar-refractivity contribution in [3.8, 4) is 0 Å². The number of esters is 2. The predicted molar refractivity (Wildman–Crippen MR) is 258 cm³/mol. The molecule has 0 rings (SSSR count). The van der Waals surface area contributed by atoms with Crippen molar-refractivity contribution in [3.05, 3.63) is 60.8 Å². The van der Waals surface area contributed by atoms with Crippen LogP contribution in [0.15, 0.2) is 60.8 Å². The van der Waals surface area contributed by atoms with Gasteiger partial charge in [0.05, 0.1) is 19.6 Å². The molecule has 0 spiro atoms. The molecular weight excluding hydrogens is 818 g/mol. The number of hydrogen-bond donors (Lipinski definition) is 3. The minimum Gasteiger partial charge on any atom is -0.480 e. The highest BCUT2D eigenvalue weighted by Gasteiger charge is 2.28. The molecule has 364 valence electrons. The molecule has 12 heteroatoms. The molecule has 3 unspecified atom stereocenters. The molecule has 0 fully saturated rings. The first kappa shape index (κ1) is 60.2. The van der Waals surface area contributed by atoms with E-state index in [1.54, 1.807) is 6.08 Å². The lowest BCUT2D eigenvalue weighted by atomic mass is 10.0. The molecule has 0 aliphatic carbocycles. The molecule has 0 aromatic rings. The molecule has 0 aliphatic rings. The van der Waals surface area contributed by atoms with E-state index in [-0.39, 0.29) is 19.4 Å². The van der Waals surface area contributed by atoms with Crippen molar-refractivity contribution in [1.82, 2.24) is 0 Å². The van der Waals surface area contributed by atoms with Crippen LogP contribution in [0.1, 0.15) is 213 Å². The lowest BCUT2D eigenvalue weighted by molar-refractivity contribution is -0.160. The summed E-state index contributed by atoms with van der Waals surface area (Å²) in [5.41, 5.74) is 5.34. The van der Waals surface area contributed by atoms with Crippen LogP contribution in [0.3, 0.4) is 0 Å². The van der Waals surface area contributed by atoms with Crippen LogP contribution in [0.2, 0.25) is 0 Å². The van der Waals surface area contributed by atoms with Gasteiger partial charge in [0.1, 0.15) is 12.6 Å². The van der Waals surface area contributed by atoms with E-state index in [1.807, 2.05) is 18.2 Å². The zero-order chi connectivity index (χ0) is 46.3. The average molecular weight is 908 g/mol. The van der Waals surface area contributed by atoms with Gasteiger partial charge in [0.2, 0.25) is 0 Å². The summed E-state index contributed by atoms with van der Waals surface area (Å²) in [5, 5.41) is 8.90. The summed E-state index contributed by atoms with van der Waals surface area (Å²) >= 11 is 0. The second kappa shape index (κ2) is 45.7. The number of carboxylic acids is 1. The number of phosphoric acid groups is 1. The summed E-state index contributed by atoms with van der Waals surface area (Å²) in [7, 11) is -4.75. The molecule has 0 aromatic heterocycles. The Labute approximate surface area is 383 Å². The monoisotopic (exact) mass is 908 g/mol. The molecule has 0 bridgehead atoms. The fraction of sp³-hybridized carbons (Fsp3) is 0.745.